The predicted octanol–water partition coefficient (Wildman–Crippen LogP) is -0.0315. The molecule has 0 aliphatic carbocycles. The van der Waals surface area contributed by atoms with Crippen LogP contribution >= 0.6 is 0 Å². The minimum atomic E-state index is -0.981. The molecule has 2 heterocycles. The van der Waals surface area contributed by atoms with Crippen molar-refractivity contribution in [3.63, 3.8) is 0 Å². The molecule has 2 N–H and O–H groups in total. The second kappa shape index (κ2) is 5.20. The lowest BCUT2D eigenvalue weighted by molar-refractivity contribution is 0.0694. The van der Waals surface area contributed by atoms with Gasteiger partial charge in [-0.1, -0.05) is 0 Å². The topological polar surface area (TPSA) is 78.3 Å². The number of carboxylic acid groups (broad SMARTS) is 1. The van der Waals surface area contributed by atoms with Crippen molar-refractivity contribution in [3.05, 3.63) is 23.8 Å². The third-order valence-electron chi connectivity index (χ3n) is 2.97. The molecule has 0 radical (unpaired) electrons. The smallest absolute Gasteiger partial charge is 0.339 e. The number of rotatable bonds is 4. The number of nitrogens with zero attached hydrogens (tertiary/aromatic N) is 3. The van der Waals surface area contributed by atoms with Gasteiger partial charge < -0.3 is 15.3 Å². The van der Waals surface area contributed by atoms with E-state index in [0.29, 0.717) is 18.3 Å². The second-order valence-electron chi connectivity index (χ2n) is 4.32. The fraction of sp³-hybridized carbons (Fsp3) is 0.545. The van der Waals surface area contributed by atoms with Crippen molar-refractivity contribution >= 4 is 5.97 Å². The summed E-state index contributed by atoms with van der Waals surface area (Å²) in [7, 11) is 2.08. The van der Waals surface area contributed by atoms with E-state index in [0.717, 1.165) is 19.5 Å². The summed E-state index contributed by atoms with van der Waals surface area (Å²) in [6.45, 7) is 2.55. The molecule has 0 spiro atoms. The Morgan fingerprint density at radius 1 is 1.71 bits per heavy atom. The van der Waals surface area contributed by atoms with Crippen molar-refractivity contribution in [2.75, 3.05) is 20.1 Å². The van der Waals surface area contributed by atoms with Crippen molar-refractivity contribution in [1.29, 1.82) is 0 Å². The minimum absolute atomic E-state index is 0.173. The van der Waals surface area contributed by atoms with Crippen LogP contribution in [0, 0.1) is 0 Å². The fourth-order valence-electron chi connectivity index (χ4n) is 2.02. The standard InChI is InChI=1S/C11H16N4O2/c1-15-3-2-8(6-15)13-5-10-9(11(16)17)4-12-7-14-10/h4,7-8,13H,2-3,5-6H2,1H3,(H,16,17). The normalized spacial score (nSPS) is 20.6. The van der Waals surface area contributed by atoms with Crippen LogP contribution in [0.15, 0.2) is 12.5 Å². The van der Waals surface area contributed by atoms with Crippen molar-refractivity contribution < 1.29 is 9.90 Å². The largest absolute Gasteiger partial charge is 0.478 e. The molecule has 0 amide bonds. The Bertz CT molecular complexity index is 410. The molecule has 6 nitrogen and oxygen atoms in total. The number of likely N-dealkylation sites (N-methyl/N-ethyl adjacent to an activating group) is 1. The highest BCUT2D eigenvalue weighted by molar-refractivity contribution is 5.88. The summed E-state index contributed by atoms with van der Waals surface area (Å²) in [5, 5.41) is 12.3. The van der Waals surface area contributed by atoms with Gasteiger partial charge in [-0.2, -0.15) is 0 Å². The first-order valence-electron chi connectivity index (χ1n) is 5.61. The van der Waals surface area contributed by atoms with Crippen molar-refractivity contribution in [2.45, 2.75) is 19.0 Å². The van der Waals surface area contributed by atoms with E-state index in [1.807, 2.05) is 0 Å². The highest BCUT2D eigenvalue weighted by Crippen LogP contribution is 2.08. The molecule has 1 fully saturated rings. The SMILES string of the molecule is CN1CCC(NCc2ncncc2C(=O)O)C1. The molecule has 1 atom stereocenters. The maximum Gasteiger partial charge on any atom is 0.339 e. The molecular formula is C11H16N4O2. The average Bonchev–Trinajstić information content (AvgIpc) is 2.73. The van der Waals surface area contributed by atoms with Crippen LogP contribution in [0.3, 0.4) is 0 Å². The van der Waals surface area contributed by atoms with Crippen molar-refractivity contribution in [1.82, 2.24) is 20.2 Å². The van der Waals surface area contributed by atoms with Gasteiger partial charge in [-0.15, -0.1) is 0 Å². The van der Waals surface area contributed by atoms with Crippen molar-refractivity contribution in [2.24, 2.45) is 0 Å². The molecule has 1 saturated heterocycles. The Hall–Kier alpha value is -1.53. The van der Waals surface area contributed by atoms with Crippen LogP contribution < -0.4 is 5.32 Å². The molecule has 2 rings (SSSR count). The van der Waals surface area contributed by atoms with Crippen LogP contribution in [0.1, 0.15) is 22.5 Å². The summed E-state index contributed by atoms with van der Waals surface area (Å²) in [6, 6.07) is 0.414. The molecule has 0 aromatic carbocycles. The average molecular weight is 236 g/mol. The Kier molecular flexibility index (Phi) is 3.65. The van der Waals surface area contributed by atoms with Gasteiger partial charge in [0.2, 0.25) is 0 Å². The molecule has 17 heavy (non-hydrogen) atoms. The second-order valence-corrected chi connectivity index (χ2v) is 4.32. The molecule has 1 aliphatic rings. The highest BCUT2D eigenvalue weighted by Gasteiger charge is 2.19. The first-order valence-corrected chi connectivity index (χ1v) is 5.61. The van der Waals surface area contributed by atoms with Gasteiger partial charge in [0.1, 0.15) is 11.9 Å². The summed E-state index contributed by atoms with van der Waals surface area (Å²) in [4.78, 5) is 20.9. The van der Waals surface area contributed by atoms with E-state index in [-0.39, 0.29) is 5.56 Å². The van der Waals surface area contributed by atoms with Crippen LogP contribution in [-0.4, -0.2) is 52.1 Å². The number of carboxylic acids is 1. The van der Waals surface area contributed by atoms with Crippen LogP contribution in [0.4, 0.5) is 0 Å². The zero-order chi connectivity index (χ0) is 12.3. The molecular weight excluding hydrogens is 220 g/mol. The van der Waals surface area contributed by atoms with Gasteiger partial charge in [0.25, 0.3) is 0 Å². The summed E-state index contributed by atoms with van der Waals surface area (Å²) >= 11 is 0. The van der Waals surface area contributed by atoms with Gasteiger partial charge in [-0.25, -0.2) is 14.8 Å². The number of likely N-dealkylation sites (tertiary alicyclic amines) is 1. The lowest BCUT2D eigenvalue weighted by Crippen LogP contribution is -2.31. The van der Waals surface area contributed by atoms with E-state index in [1.54, 1.807) is 0 Å². The summed E-state index contributed by atoms with van der Waals surface area (Å²) in [5.41, 5.74) is 0.716. The van der Waals surface area contributed by atoms with E-state index < -0.39 is 5.97 Å². The van der Waals surface area contributed by atoms with Crippen LogP contribution in [0.25, 0.3) is 0 Å². The summed E-state index contributed by atoms with van der Waals surface area (Å²) < 4.78 is 0. The minimum Gasteiger partial charge on any atom is -0.478 e. The van der Waals surface area contributed by atoms with E-state index in [4.69, 9.17) is 5.11 Å². The molecule has 6 heteroatoms. The zero-order valence-corrected chi connectivity index (χ0v) is 9.76. The Morgan fingerprint density at radius 2 is 2.53 bits per heavy atom. The van der Waals surface area contributed by atoms with E-state index >= 15 is 0 Å². The maximum absolute atomic E-state index is 11.0. The molecule has 1 unspecified atom stereocenters. The van der Waals surface area contributed by atoms with Gasteiger partial charge in [0, 0.05) is 25.3 Å². The number of carbonyl (C=O) groups is 1. The predicted molar refractivity (Wildman–Crippen MR) is 61.7 cm³/mol. The molecule has 0 bridgehead atoms. The van der Waals surface area contributed by atoms with Crippen molar-refractivity contribution in [3.8, 4) is 0 Å². The van der Waals surface area contributed by atoms with Gasteiger partial charge in [0.05, 0.1) is 5.69 Å². The number of aromatic nitrogens is 2. The highest BCUT2D eigenvalue weighted by atomic mass is 16.4. The van der Waals surface area contributed by atoms with E-state index in [9.17, 15) is 4.79 Å². The summed E-state index contributed by atoms with van der Waals surface area (Å²) in [6.07, 6.45) is 3.81. The third-order valence-corrected chi connectivity index (χ3v) is 2.97. The van der Waals surface area contributed by atoms with E-state index in [2.05, 4.69) is 27.2 Å². The number of aromatic carboxylic acids is 1. The van der Waals surface area contributed by atoms with Gasteiger partial charge in [-0.05, 0) is 20.0 Å². The van der Waals surface area contributed by atoms with Gasteiger partial charge in [-0.3, -0.25) is 0 Å². The third kappa shape index (κ3) is 2.98. The van der Waals surface area contributed by atoms with Crippen LogP contribution in [0.2, 0.25) is 0 Å². The van der Waals surface area contributed by atoms with Gasteiger partial charge >= 0.3 is 5.97 Å². The summed E-state index contributed by atoms with van der Waals surface area (Å²) in [5.74, 6) is -0.981. The zero-order valence-electron chi connectivity index (χ0n) is 9.76. The molecule has 92 valence electrons. The number of nitrogens with one attached hydrogen (secondary N) is 1. The maximum atomic E-state index is 11.0. The lowest BCUT2D eigenvalue weighted by atomic mass is 10.2. The molecule has 1 aromatic rings. The Labute approximate surface area is 99.7 Å². The Balaban J connectivity index is 1.97. The lowest BCUT2D eigenvalue weighted by Gasteiger charge is -2.13. The van der Waals surface area contributed by atoms with Crippen LogP contribution in [0.5, 0.6) is 0 Å². The molecule has 0 saturated carbocycles. The monoisotopic (exact) mass is 236 g/mol. The first kappa shape index (κ1) is 11.9. The quantitative estimate of drug-likeness (QED) is 0.764. The number of hydrogen-bond acceptors (Lipinski definition) is 5. The van der Waals surface area contributed by atoms with Gasteiger partial charge in [0.15, 0.2) is 0 Å². The Morgan fingerprint density at radius 3 is 3.18 bits per heavy atom. The molecule has 1 aromatic heterocycles. The first-order chi connectivity index (χ1) is 8.16. The van der Waals surface area contributed by atoms with Crippen LogP contribution in [-0.2, 0) is 6.54 Å². The number of hydrogen-bond donors (Lipinski definition) is 2. The molecule has 1 aliphatic heterocycles. The van der Waals surface area contributed by atoms with E-state index in [1.165, 1.54) is 12.5 Å². The fourth-order valence-corrected chi connectivity index (χ4v) is 2.02.